The molecule has 3 N–H and O–H groups in total. The van der Waals surface area contributed by atoms with E-state index in [1.807, 2.05) is 13.8 Å². The van der Waals surface area contributed by atoms with Crippen LogP contribution in [0.2, 0.25) is 0 Å². The van der Waals surface area contributed by atoms with Crippen molar-refractivity contribution in [3.8, 4) is 17.3 Å². The fourth-order valence-electron chi connectivity index (χ4n) is 2.79. The second kappa shape index (κ2) is 9.68. The summed E-state index contributed by atoms with van der Waals surface area (Å²) in [6, 6.07) is 4.87. The first kappa shape index (κ1) is 22.4. The number of nitrogens with zero attached hydrogens (tertiary/aromatic N) is 6. The van der Waals surface area contributed by atoms with Crippen molar-refractivity contribution in [1.82, 2.24) is 30.7 Å². The van der Waals surface area contributed by atoms with Crippen molar-refractivity contribution in [2.75, 3.05) is 12.3 Å². The number of aromatic nitrogens is 5. The van der Waals surface area contributed by atoms with Gasteiger partial charge in [-0.25, -0.2) is 10.1 Å². The van der Waals surface area contributed by atoms with Crippen molar-refractivity contribution in [3.05, 3.63) is 35.2 Å². The van der Waals surface area contributed by atoms with Crippen LogP contribution >= 0.6 is 0 Å². The molecule has 0 bridgehead atoms. The van der Waals surface area contributed by atoms with Crippen molar-refractivity contribution in [2.24, 2.45) is 5.10 Å². The van der Waals surface area contributed by atoms with Crippen LogP contribution in [-0.2, 0) is 4.79 Å². The van der Waals surface area contributed by atoms with Crippen LogP contribution in [0.3, 0.4) is 0 Å². The highest BCUT2D eigenvalue weighted by Crippen LogP contribution is 2.28. The van der Waals surface area contributed by atoms with Crippen molar-refractivity contribution >= 4 is 23.9 Å². The molecule has 2 heterocycles. The Balaban J connectivity index is 1.79. The molecule has 32 heavy (non-hydrogen) atoms. The largest absolute Gasteiger partial charge is 0.490 e. The monoisotopic (exact) mass is 442 g/mol. The van der Waals surface area contributed by atoms with Gasteiger partial charge in [0.15, 0.2) is 17.2 Å². The Labute approximate surface area is 182 Å². The van der Waals surface area contributed by atoms with Gasteiger partial charge in [0.05, 0.1) is 18.5 Å². The third kappa shape index (κ3) is 4.88. The predicted octanol–water partition coefficient (Wildman–Crippen LogP) is 1.44. The second-order valence-electron chi connectivity index (χ2n) is 6.79. The average molecular weight is 442 g/mol. The standard InChI is InChI=1S/C19H22N8O5/c1-5-30-14-8-12(6-7-13(14)31-11(4)28)9-21-23-19(29)15-16(10(2)3)27(26-22-15)18-17(20)24-32-25-18/h6-10H,5H2,1-4H3,(H2,20,24)(H,23,29)/b21-9-. The highest BCUT2D eigenvalue weighted by molar-refractivity contribution is 5.94. The number of carbonyl (C=O) groups excluding carboxylic acids is 2. The number of rotatable bonds is 8. The van der Waals surface area contributed by atoms with Crippen molar-refractivity contribution < 1.29 is 23.7 Å². The van der Waals surface area contributed by atoms with Crippen molar-refractivity contribution in [3.63, 3.8) is 0 Å². The smallest absolute Gasteiger partial charge is 0.308 e. The fourth-order valence-corrected chi connectivity index (χ4v) is 2.79. The molecular formula is C19H22N8O5. The number of nitrogen functional groups attached to an aromatic ring is 1. The zero-order valence-corrected chi connectivity index (χ0v) is 17.9. The maximum Gasteiger partial charge on any atom is 0.308 e. The Bertz CT molecular complexity index is 1150. The molecule has 0 spiro atoms. The molecule has 0 saturated carbocycles. The summed E-state index contributed by atoms with van der Waals surface area (Å²) < 4.78 is 16.5. The summed E-state index contributed by atoms with van der Waals surface area (Å²) in [4.78, 5) is 23.9. The van der Waals surface area contributed by atoms with Crippen LogP contribution in [0.1, 0.15) is 55.4 Å². The summed E-state index contributed by atoms with van der Waals surface area (Å²) >= 11 is 0. The molecular weight excluding hydrogens is 420 g/mol. The van der Waals surface area contributed by atoms with Gasteiger partial charge in [-0.3, -0.25) is 9.59 Å². The van der Waals surface area contributed by atoms with E-state index >= 15 is 0 Å². The van der Waals surface area contributed by atoms with E-state index in [1.54, 1.807) is 25.1 Å². The minimum absolute atomic E-state index is 0.0177. The lowest BCUT2D eigenvalue weighted by Gasteiger charge is -2.10. The highest BCUT2D eigenvalue weighted by Gasteiger charge is 2.25. The average Bonchev–Trinajstić information content (AvgIpc) is 3.35. The van der Waals surface area contributed by atoms with Crippen LogP contribution in [-0.4, -0.2) is 50.0 Å². The number of benzene rings is 1. The van der Waals surface area contributed by atoms with Crippen LogP contribution in [0.15, 0.2) is 27.9 Å². The molecule has 13 heteroatoms. The van der Waals surface area contributed by atoms with E-state index in [1.165, 1.54) is 17.8 Å². The van der Waals surface area contributed by atoms with Gasteiger partial charge >= 0.3 is 5.97 Å². The van der Waals surface area contributed by atoms with Gasteiger partial charge < -0.3 is 15.2 Å². The number of nitrogens with one attached hydrogen (secondary N) is 1. The molecule has 13 nitrogen and oxygen atoms in total. The van der Waals surface area contributed by atoms with Gasteiger partial charge in [0.25, 0.3) is 5.91 Å². The molecule has 0 aliphatic heterocycles. The number of ether oxygens (including phenoxy) is 2. The topological polar surface area (TPSA) is 173 Å². The van der Waals surface area contributed by atoms with Gasteiger partial charge in [-0.05, 0) is 46.9 Å². The molecule has 3 aromatic rings. The van der Waals surface area contributed by atoms with Crippen molar-refractivity contribution in [2.45, 2.75) is 33.6 Å². The first-order valence-electron chi connectivity index (χ1n) is 9.64. The van der Waals surface area contributed by atoms with Crippen LogP contribution < -0.4 is 20.6 Å². The SMILES string of the molecule is CCOc1cc(/C=N\NC(=O)c2nnn(-c3nonc3N)c2C(C)C)ccc1OC(C)=O. The lowest BCUT2D eigenvalue weighted by Crippen LogP contribution is -2.21. The number of hydrogen-bond donors (Lipinski definition) is 2. The molecule has 0 atom stereocenters. The first-order chi connectivity index (χ1) is 15.3. The van der Waals surface area contributed by atoms with E-state index in [-0.39, 0.29) is 23.2 Å². The van der Waals surface area contributed by atoms with Gasteiger partial charge in [-0.1, -0.05) is 19.1 Å². The Hall–Kier alpha value is -4.29. The molecule has 1 aromatic carbocycles. The molecule has 0 saturated heterocycles. The van der Waals surface area contributed by atoms with E-state index in [4.69, 9.17) is 15.2 Å². The Morgan fingerprint density at radius 1 is 1.31 bits per heavy atom. The number of carbonyl (C=O) groups is 2. The molecule has 1 amide bonds. The first-order valence-corrected chi connectivity index (χ1v) is 9.64. The van der Waals surface area contributed by atoms with Gasteiger partial charge in [0.1, 0.15) is 0 Å². The summed E-state index contributed by atoms with van der Waals surface area (Å²) in [5.41, 5.74) is 9.26. The summed E-state index contributed by atoms with van der Waals surface area (Å²) in [5, 5.41) is 19.1. The zero-order chi connectivity index (χ0) is 23.3. The third-order valence-corrected chi connectivity index (χ3v) is 4.06. The lowest BCUT2D eigenvalue weighted by atomic mass is 10.1. The number of anilines is 1. The van der Waals surface area contributed by atoms with Gasteiger partial charge in [-0.15, -0.1) is 5.10 Å². The molecule has 0 fully saturated rings. The Morgan fingerprint density at radius 2 is 2.09 bits per heavy atom. The number of nitrogens with two attached hydrogens (primary N) is 1. The summed E-state index contributed by atoms with van der Waals surface area (Å²) in [5.74, 6) is -0.357. The lowest BCUT2D eigenvalue weighted by molar-refractivity contribution is -0.132. The molecule has 0 aliphatic carbocycles. The maximum absolute atomic E-state index is 12.7. The molecule has 0 radical (unpaired) electrons. The summed E-state index contributed by atoms with van der Waals surface area (Å²) in [6.07, 6.45) is 1.41. The molecule has 168 valence electrons. The number of esters is 1. The minimum Gasteiger partial charge on any atom is -0.490 e. The highest BCUT2D eigenvalue weighted by atomic mass is 16.6. The predicted molar refractivity (Wildman–Crippen MR) is 112 cm³/mol. The van der Waals surface area contributed by atoms with E-state index in [0.29, 0.717) is 29.4 Å². The fraction of sp³-hybridized carbons (Fsp3) is 0.316. The van der Waals surface area contributed by atoms with Crippen LogP contribution in [0.25, 0.3) is 5.82 Å². The zero-order valence-electron chi connectivity index (χ0n) is 17.9. The van der Waals surface area contributed by atoms with Crippen LogP contribution in [0.5, 0.6) is 11.5 Å². The Morgan fingerprint density at radius 3 is 2.72 bits per heavy atom. The minimum atomic E-state index is -0.576. The van der Waals surface area contributed by atoms with E-state index in [9.17, 15) is 9.59 Å². The maximum atomic E-state index is 12.7. The third-order valence-electron chi connectivity index (χ3n) is 4.06. The molecule has 2 aromatic heterocycles. The van der Waals surface area contributed by atoms with Gasteiger partial charge in [0, 0.05) is 6.92 Å². The normalized spacial score (nSPS) is 11.2. The number of hydrazone groups is 1. The number of amides is 1. The second-order valence-corrected chi connectivity index (χ2v) is 6.79. The number of hydrogen-bond acceptors (Lipinski definition) is 11. The van der Waals surface area contributed by atoms with Gasteiger partial charge in [-0.2, -0.15) is 9.78 Å². The van der Waals surface area contributed by atoms with Crippen LogP contribution in [0, 0.1) is 0 Å². The van der Waals surface area contributed by atoms with Crippen LogP contribution in [0.4, 0.5) is 5.82 Å². The van der Waals surface area contributed by atoms with E-state index in [0.717, 1.165) is 0 Å². The quantitative estimate of drug-likeness (QED) is 0.225. The molecule has 3 rings (SSSR count). The Kier molecular flexibility index (Phi) is 6.77. The van der Waals surface area contributed by atoms with Gasteiger partial charge in [0.2, 0.25) is 11.6 Å². The van der Waals surface area contributed by atoms with E-state index < -0.39 is 11.9 Å². The summed E-state index contributed by atoms with van der Waals surface area (Å²) in [7, 11) is 0. The van der Waals surface area contributed by atoms with Crippen molar-refractivity contribution in [1.29, 1.82) is 0 Å². The molecule has 0 unspecified atom stereocenters. The molecule has 0 aliphatic rings. The van der Waals surface area contributed by atoms with E-state index in [2.05, 4.69) is 35.8 Å². The summed E-state index contributed by atoms with van der Waals surface area (Å²) in [6.45, 7) is 7.21.